The van der Waals surface area contributed by atoms with Crippen molar-refractivity contribution in [3.05, 3.63) is 0 Å². The van der Waals surface area contributed by atoms with Crippen LogP contribution in [0.15, 0.2) is 4.99 Å². The lowest BCUT2D eigenvalue weighted by atomic mass is 10.1. The average molecular weight is 402 g/mol. The molecule has 0 aromatic rings. The van der Waals surface area contributed by atoms with Crippen LogP contribution in [0.4, 0.5) is 0 Å². The Balaban J connectivity index is 0. The number of nitrogens with zero attached hydrogens (tertiary/aromatic N) is 1. The molecule has 3 N–H and O–H groups in total. The standard InChI is InChI=1S/C12H26N4OS.HI/c1-12(2,3)16-10(17)9-15-11(13-4)14-7-6-8-18-5;/h6-9H2,1-5H3,(H,16,17)(H2,13,14,15);1H. The van der Waals surface area contributed by atoms with Crippen molar-refractivity contribution in [3.8, 4) is 0 Å². The first-order chi connectivity index (χ1) is 8.39. The predicted molar refractivity (Wildman–Crippen MR) is 95.7 cm³/mol. The molecular weight excluding hydrogens is 375 g/mol. The fraction of sp³-hybridized carbons (Fsp3) is 0.833. The number of aliphatic imine (C=N–C) groups is 1. The zero-order valence-electron chi connectivity index (χ0n) is 12.5. The summed E-state index contributed by atoms with van der Waals surface area (Å²) in [6.45, 7) is 6.97. The lowest BCUT2D eigenvalue weighted by Gasteiger charge is -2.21. The molecule has 0 spiro atoms. The van der Waals surface area contributed by atoms with Crippen molar-refractivity contribution in [3.63, 3.8) is 0 Å². The zero-order valence-corrected chi connectivity index (χ0v) is 15.6. The maximum Gasteiger partial charge on any atom is 0.239 e. The van der Waals surface area contributed by atoms with E-state index >= 15 is 0 Å². The number of hydrogen-bond donors (Lipinski definition) is 3. The Morgan fingerprint density at radius 2 is 1.89 bits per heavy atom. The van der Waals surface area contributed by atoms with E-state index in [1.54, 1.807) is 7.05 Å². The maximum atomic E-state index is 11.6. The van der Waals surface area contributed by atoms with Crippen LogP contribution in [-0.2, 0) is 4.79 Å². The van der Waals surface area contributed by atoms with E-state index in [-0.39, 0.29) is 42.0 Å². The number of nitrogens with one attached hydrogen (secondary N) is 3. The second-order valence-electron chi connectivity index (χ2n) is 5.00. The highest BCUT2D eigenvalue weighted by atomic mass is 127. The van der Waals surface area contributed by atoms with Crippen LogP contribution in [0.1, 0.15) is 27.2 Å². The molecule has 114 valence electrons. The third-order valence-corrected chi connectivity index (χ3v) is 2.67. The number of halogens is 1. The largest absolute Gasteiger partial charge is 0.356 e. The van der Waals surface area contributed by atoms with Crippen LogP contribution in [-0.4, -0.2) is 49.6 Å². The molecule has 0 atom stereocenters. The summed E-state index contributed by atoms with van der Waals surface area (Å²) in [5, 5.41) is 9.04. The van der Waals surface area contributed by atoms with Crippen LogP contribution in [0.5, 0.6) is 0 Å². The SMILES string of the molecule is CN=C(NCCCSC)NCC(=O)NC(C)(C)C.I. The number of rotatable bonds is 6. The number of guanidine groups is 1. The summed E-state index contributed by atoms with van der Waals surface area (Å²) in [4.78, 5) is 15.7. The smallest absolute Gasteiger partial charge is 0.239 e. The molecule has 0 bridgehead atoms. The molecule has 0 unspecified atom stereocenters. The van der Waals surface area contributed by atoms with E-state index in [0.29, 0.717) is 5.96 Å². The van der Waals surface area contributed by atoms with E-state index in [1.165, 1.54) is 0 Å². The molecule has 0 aliphatic carbocycles. The van der Waals surface area contributed by atoms with Gasteiger partial charge in [-0.2, -0.15) is 11.8 Å². The van der Waals surface area contributed by atoms with Gasteiger partial charge in [0.25, 0.3) is 0 Å². The minimum atomic E-state index is -0.200. The first kappa shape index (κ1) is 21.1. The number of hydrogen-bond acceptors (Lipinski definition) is 3. The third-order valence-electron chi connectivity index (χ3n) is 1.97. The van der Waals surface area contributed by atoms with Gasteiger partial charge in [-0.15, -0.1) is 24.0 Å². The Bertz CT molecular complexity index is 279. The van der Waals surface area contributed by atoms with Crippen molar-refractivity contribution >= 4 is 47.6 Å². The molecule has 0 fully saturated rings. The monoisotopic (exact) mass is 402 g/mol. The van der Waals surface area contributed by atoms with Crippen LogP contribution in [0.2, 0.25) is 0 Å². The van der Waals surface area contributed by atoms with Crippen molar-refractivity contribution in [2.24, 2.45) is 4.99 Å². The molecule has 0 rings (SSSR count). The third kappa shape index (κ3) is 14.0. The molecule has 19 heavy (non-hydrogen) atoms. The van der Waals surface area contributed by atoms with Crippen LogP contribution in [0.25, 0.3) is 0 Å². The zero-order chi connectivity index (χ0) is 14.0. The predicted octanol–water partition coefficient (Wildman–Crippen LogP) is 1.44. The van der Waals surface area contributed by atoms with Crippen LogP contribution >= 0.6 is 35.7 Å². The summed E-state index contributed by atoms with van der Waals surface area (Å²) >= 11 is 1.82. The van der Waals surface area contributed by atoms with Crippen molar-refractivity contribution < 1.29 is 4.79 Å². The molecule has 0 saturated heterocycles. The first-order valence-corrected chi connectivity index (χ1v) is 7.53. The van der Waals surface area contributed by atoms with Crippen molar-refractivity contribution in [2.75, 3.05) is 32.1 Å². The van der Waals surface area contributed by atoms with Gasteiger partial charge in [0, 0.05) is 19.1 Å². The van der Waals surface area contributed by atoms with Crippen molar-refractivity contribution in [1.82, 2.24) is 16.0 Å². The highest BCUT2D eigenvalue weighted by molar-refractivity contribution is 14.0. The van der Waals surface area contributed by atoms with E-state index in [4.69, 9.17) is 0 Å². The van der Waals surface area contributed by atoms with E-state index in [1.807, 2.05) is 32.5 Å². The lowest BCUT2D eigenvalue weighted by molar-refractivity contribution is -0.121. The normalized spacial score (nSPS) is 11.5. The lowest BCUT2D eigenvalue weighted by Crippen LogP contribution is -2.48. The molecule has 0 radical (unpaired) electrons. The second-order valence-corrected chi connectivity index (χ2v) is 5.98. The molecule has 1 amide bonds. The van der Waals surface area contributed by atoms with Gasteiger partial charge in [0.15, 0.2) is 5.96 Å². The first-order valence-electron chi connectivity index (χ1n) is 6.13. The molecule has 5 nitrogen and oxygen atoms in total. The topological polar surface area (TPSA) is 65.5 Å². The quantitative estimate of drug-likeness (QED) is 0.272. The number of carbonyl (C=O) groups is 1. The van der Waals surface area contributed by atoms with Crippen molar-refractivity contribution in [1.29, 1.82) is 0 Å². The molecule has 7 heteroatoms. The Hall–Kier alpha value is -0.180. The molecule has 0 saturated carbocycles. The molecule has 0 aliphatic heterocycles. The van der Waals surface area contributed by atoms with Gasteiger partial charge in [0.1, 0.15) is 0 Å². The van der Waals surface area contributed by atoms with Crippen molar-refractivity contribution in [2.45, 2.75) is 32.7 Å². The van der Waals surface area contributed by atoms with Gasteiger partial charge in [-0.05, 0) is 39.2 Å². The van der Waals surface area contributed by atoms with Gasteiger partial charge in [-0.1, -0.05) is 0 Å². The van der Waals surface area contributed by atoms with Gasteiger partial charge >= 0.3 is 0 Å². The summed E-state index contributed by atoms with van der Waals surface area (Å²) in [7, 11) is 1.70. The molecule has 0 heterocycles. The van der Waals surface area contributed by atoms with E-state index < -0.39 is 0 Å². The fourth-order valence-electron chi connectivity index (χ4n) is 1.27. The average Bonchev–Trinajstić information content (AvgIpc) is 2.26. The summed E-state index contributed by atoms with van der Waals surface area (Å²) < 4.78 is 0. The molecule has 0 aliphatic rings. The summed E-state index contributed by atoms with van der Waals surface area (Å²) in [6, 6.07) is 0. The summed E-state index contributed by atoms with van der Waals surface area (Å²) in [5.74, 6) is 1.75. The minimum Gasteiger partial charge on any atom is -0.356 e. The van der Waals surface area contributed by atoms with E-state index in [9.17, 15) is 4.79 Å². The van der Waals surface area contributed by atoms with Gasteiger partial charge in [0.2, 0.25) is 5.91 Å². The maximum absolute atomic E-state index is 11.6. The van der Waals surface area contributed by atoms with Crippen LogP contribution in [0, 0.1) is 0 Å². The Kier molecular flexibility index (Phi) is 12.9. The van der Waals surface area contributed by atoms with E-state index in [0.717, 1.165) is 18.7 Å². The molecular formula is C12H27IN4OS. The highest BCUT2D eigenvalue weighted by Gasteiger charge is 2.13. The minimum absolute atomic E-state index is 0. The molecule has 0 aromatic carbocycles. The second kappa shape index (κ2) is 11.6. The molecule has 0 aromatic heterocycles. The Morgan fingerprint density at radius 1 is 1.26 bits per heavy atom. The number of thioether (sulfide) groups is 1. The number of carbonyl (C=O) groups excluding carboxylic acids is 1. The fourth-order valence-corrected chi connectivity index (χ4v) is 1.70. The van der Waals surface area contributed by atoms with E-state index in [2.05, 4.69) is 27.2 Å². The van der Waals surface area contributed by atoms with Gasteiger partial charge in [0.05, 0.1) is 6.54 Å². The summed E-state index contributed by atoms with van der Waals surface area (Å²) in [6.07, 6.45) is 3.17. The van der Waals surface area contributed by atoms with Gasteiger partial charge in [-0.25, -0.2) is 0 Å². The highest BCUT2D eigenvalue weighted by Crippen LogP contribution is 1.97. The Morgan fingerprint density at radius 3 is 2.37 bits per heavy atom. The Labute approximate surface area is 138 Å². The number of amides is 1. The van der Waals surface area contributed by atoms with Crippen LogP contribution < -0.4 is 16.0 Å². The van der Waals surface area contributed by atoms with Gasteiger partial charge in [-0.3, -0.25) is 9.79 Å². The van der Waals surface area contributed by atoms with Crippen LogP contribution in [0.3, 0.4) is 0 Å². The van der Waals surface area contributed by atoms with Gasteiger partial charge < -0.3 is 16.0 Å². The summed E-state index contributed by atoms with van der Waals surface area (Å²) in [5.41, 5.74) is -0.200.